The molecule has 6 N–H and O–H groups in total. The topological polar surface area (TPSA) is 175 Å². The predicted molar refractivity (Wildman–Crippen MR) is 310 cm³/mol. The van der Waals surface area contributed by atoms with Gasteiger partial charge in [-0.3, -0.25) is 9.59 Å². The van der Waals surface area contributed by atoms with Gasteiger partial charge in [-0.2, -0.15) is 0 Å². The molecule has 1 saturated heterocycles. The lowest BCUT2D eigenvalue weighted by atomic mass is 9.99. The predicted octanol–water partition coefficient (Wildman–Crippen LogP) is 14.2. The van der Waals surface area contributed by atoms with Gasteiger partial charge < -0.3 is 45.1 Å². The first kappa shape index (κ1) is 69.9. The molecule has 1 heterocycles. The average molecular weight is 1050 g/mol. The van der Waals surface area contributed by atoms with Gasteiger partial charge in [0.1, 0.15) is 24.4 Å². The van der Waals surface area contributed by atoms with E-state index >= 15 is 0 Å². The summed E-state index contributed by atoms with van der Waals surface area (Å²) in [5.74, 6) is -1.22. The Bertz CT molecular complexity index is 1540. The Morgan fingerprint density at radius 3 is 1.57 bits per heavy atom. The van der Waals surface area contributed by atoms with Crippen LogP contribution in [0.4, 0.5) is 0 Å². The van der Waals surface area contributed by atoms with Crippen LogP contribution in [-0.4, -0.2) is 99.6 Å². The highest BCUT2D eigenvalue weighted by Crippen LogP contribution is 2.26. The summed E-state index contributed by atoms with van der Waals surface area (Å²) >= 11 is 0. The third kappa shape index (κ3) is 39.8. The van der Waals surface area contributed by atoms with Gasteiger partial charge in [0.15, 0.2) is 12.4 Å². The summed E-state index contributed by atoms with van der Waals surface area (Å²) in [4.78, 5) is 26.5. The Hall–Kier alpha value is -3.16. The average Bonchev–Trinajstić information content (AvgIpc) is 3.41. The van der Waals surface area contributed by atoms with E-state index in [4.69, 9.17) is 14.2 Å². The van der Waals surface area contributed by atoms with Gasteiger partial charge >= 0.3 is 5.97 Å². The van der Waals surface area contributed by atoms with Gasteiger partial charge in [-0.25, -0.2) is 0 Å². The first-order valence-corrected chi connectivity index (χ1v) is 30.4. The Kier molecular flexibility index (Phi) is 48.0. The summed E-state index contributed by atoms with van der Waals surface area (Å²) in [5, 5.41) is 56.9. The number of esters is 1. The number of allylic oxidation sites excluding steroid dienone is 13. The van der Waals surface area contributed by atoms with Crippen molar-refractivity contribution in [2.45, 2.75) is 294 Å². The molecule has 1 aliphatic heterocycles. The summed E-state index contributed by atoms with van der Waals surface area (Å²) in [7, 11) is 0. The van der Waals surface area contributed by atoms with Gasteiger partial charge in [-0.05, 0) is 83.5 Å². The molecule has 0 aromatic rings. The Morgan fingerprint density at radius 1 is 0.547 bits per heavy atom. The Labute approximate surface area is 457 Å². The van der Waals surface area contributed by atoms with Crippen LogP contribution in [0.2, 0.25) is 0 Å². The van der Waals surface area contributed by atoms with E-state index in [-0.39, 0.29) is 19.4 Å². The van der Waals surface area contributed by atoms with Gasteiger partial charge in [0.2, 0.25) is 5.91 Å². The molecule has 1 aliphatic rings. The zero-order chi connectivity index (χ0) is 54.7. The molecule has 0 aromatic carbocycles. The molecule has 0 saturated carbocycles. The summed E-state index contributed by atoms with van der Waals surface area (Å²) in [6.07, 6.45) is 56.1. The molecule has 11 nitrogen and oxygen atoms in total. The molecule has 8 unspecified atom stereocenters. The minimum atomic E-state index is -1.63. The number of aliphatic hydroxyl groups is 5. The number of hydrogen-bond acceptors (Lipinski definition) is 10. The first-order chi connectivity index (χ1) is 36.7. The normalized spacial score (nSPS) is 19.8. The molecule has 8 atom stereocenters. The quantitative estimate of drug-likeness (QED) is 0.0149. The highest BCUT2D eigenvalue weighted by atomic mass is 16.7. The first-order valence-electron chi connectivity index (χ1n) is 30.4. The van der Waals surface area contributed by atoms with E-state index in [9.17, 15) is 35.1 Å². The number of rotatable bonds is 50. The Morgan fingerprint density at radius 2 is 1.01 bits per heavy atom. The zero-order valence-corrected chi connectivity index (χ0v) is 47.6. The van der Waals surface area contributed by atoms with Crippen molar-refractivity contribution in [3.63, 3.8) is 0 Å². The van der Waals surface area contributed by atoms with Crippen LogP contribution < -0.4 is 5.32 Å². The number of nitrogens with one attached hydrogen (secondary N) is 1. The number of hydrogen-bond donors (Lipinski definition) is 6. The second kappa shape index (κ2) is 51.6. The molecule has 432 valence electrons. The molecule has 75 heavy (non-hydrogen) atoms. The van der Waals surface area contributed by atoms with Crippen LogP contribution >= 0.6 is 0 Å². The fraction of sp³-hybridized carbons (Fsp3) is 0.750. The second-order valence-electron chi connectivity index (χ2n) is 20.8. The maximum atomic E-state index is 13.4. The standard InChI is InChI=1S/C64H111NO10/c1-4-7-10-13-16-19-22-25-27-28-29-30-31-34-37-40-43-46-49-52-59(69)75-62-61(71)60(70)58(53-66)74-64(62)73-54-55(56(67)50-47-44-41-38-35-32-24-21-18-15-12-9-6-3)65-63(72)57(68)51-48-45-42-39-36-33-26-23-20-17-14-11-8-5-2/h8,11,14,16-17,19-20,23,25,27,29-30,47,50,55-58,60-62,64,66-68,70-71H,4-7,9-10,12-13,15,18,21-22,24,26,28,31-46,48-49,51-54H2,1-3H3,(H,65,72)/b11-8+,17-14+,19-16-,23-20+,27-25-,30-29-,50-47+. The van der Waals surface area contributed by atoms with Crippen LogP contribution in [0.3, 0.4) is 0 Å². The number of carbonyl (C=O) groups excluding carboxylic acids is 2. The molecule has 1 amide bonds. The van der Waals surface area contributed by atoms with Crippen molar-refractivity contribution in [2.75, 3.05) is 13.2 Å². The van der Waals surface area contributed by atoms with Crippen LogP contribution in [0.15, 0.2) is 85.1 Å². The minimum Gasteiger partial charge on any atom is -0.454 e. The van der Waals surface area contributed by atoms with E-state index in [0.29, 0.717) is 12.8 Å². The maximum absolute atomic E-state index is 13.4. The molecule has 11 heteroatoms. The number of ether oxygens (including phenoxy) is 3. The van der Waals surface area contributed by atoms with Gasteiger partial charge in [-0.15, -0.1) is 0 Å². The number of aliphatic hydroxyl groups excluding tert-OH is 5. The summed E-state index contributed by atoms with van der Waals surface area (Å²) in [5.41, 5.74) is 0. The minimum absolute atomic E-state index is 0.104. The highest BCUT2D eigenvalue weighted by molar-refractivity contribution is 5.80. The SMILES string of the molecule is CC/C=C/C=C/C=C/CCCCCCCCC(O)C(=O)NC(COC1OC(CO)C(O)C(O)C1OC(=O)CCCCCCCC/C=C\C/C=C\C/C=C\CCCCC)C(O)/C=C/CCCCCCCCCCCCC. The van der Waals surface area contributed by atoms with E-state index in [2.05, 4.69) is 86.8 Å². The molecule has 0 spiro atoms. The molecular formula is C64H111NO10. The Balaban J connectivity index is 2.72. The monoisotopic (exact) mass is 1050 g/mol. The van der Waals surface area contributed by atoms with Crippen LogP contribution in [0, 0.1) is 0 Å². The maximum Gasteiger partial charge on any atom is 0.306 e. The van der Waals surface area contributed by atoms with Crippen molar-refractivity contribution in [1.29, 1.82) is 0 Å². The number of amides is 1. The molecule has 0 radical (unpaired) electrons. The van der Waals surface area contributed by atoms with E-state index in [1.54, 1.807) is 6.08 Å². The smallest absolute Gasteiger partial charge is 0.306 e. The lowest BCUT2D eigenvalue weighted by Gasteiger charge is -2.41. The van der Waals surface area contributed by atoms with Crippen molar-refractivity contribution in [3.05, 3.63) is 85.1 Å². The lowest BCUT2D eigenvalue weighted by molar-refractivity contribution is -0.305. The third-order valence-electron chi connectivity index (χ3n) is 13.8. The van der Waals surface area contributed by atoms with Crippen LogP contribution in [0.5, 0.6) is 0 Å². The van der Waals surface area contributed by atoms with E-state index < -0.39 is 67.4 Å². The largest absolute Gasteiger partial charge is 0.454 e. The van der Waals surface area contributed by atoms with Crippen LogP contribution in [0.25, 0.3) is 0 Å². The summed E-state index contributed by atoms with van der Waals surface area (Å²) in [6, 6.07) is -1.04. The molecule has 0 bridgehead atoms. The van der Waals surface area contributed by atoms with Crippen molar-refractivity contribution >= 4 is 11.9 Å². The van der Waals surface area contributed by atoms with E-state index in [1.807, 2.05) is 18.2 Å². The van der Waals surface area contributed by atoms with E-state index in [0.717, 1.165) is 116 Å². The van der Waals surface area contributed by atoms with Crippen molar-refractivity contribution in [3.8, 4) is 0 Å². The third-order valence-corrected chi connectivity index (χ3v) is 13.8. The molecule has 1 rings (SSSR count). The molecule has 1 fully saturated rings. The van der Waals surface area contributed by atoms with Gasteiger partial charge in [-0.1, -0.05) is 241 Å². The summed E-state index contributed by atoms with van der Waals surface area (Å²) in [6.45, 7) is 5.61. The van der Waals surface area contributed by atoms with Crippen molar-refractivity contribution in [2.24, 2.45) is 0 Å². The molecular weight excluding hydrogens is 943 g/mol. The molecule has 0 aliphatic carbocycles. The highest BCUT2D eigenvalue weighted by Gasteiger charge is 2.47. The fourth-order valence-corrected chi connectivity index (χ4v) is 9.01. The van der Waals surface area contributed by atoms with E-state index in [1.165, 1.54) is 83.5 Å². The number of carbonyl (C=O) groups is 2. The van der Waals surface area contributed by atoms with Crippen molar-refractivity contribution in [1.82, 2.24) is 5.32 Å². The van der Waals surface area contributed by atoms with Gasteiger partial charge in [0, 0.05) is 6.42 Å². The van der Waals surface area contributed by atoms with Crippen LogP contribution in [-0.2, 0) is 23.8 Å². The summed E-state index contributed by atoms with van der Waals surface area (Å²) < 4.78 is 17.6. The van der Waals surface area contributed by atoms with Gasteiger partial charge in [0.05, 0.1) is 25.4 Å². The van der Waals surface area contributed by atoms with Gasteiger partial charge in [0.25, 0.3) is 0 Å². The lowest BCUT2D eigenvalue weighted by Crippen LogP contribution is -2.61. The second-order valence-corrected chi connectivity index (χ2v) is 20.8. The number of unbranched alkanes of at least 4 members (excludes halogenated alkanes) is 26. The van der Waals surface area contributed by atoms with Crippen molar-refractivity contribution < 1.29 is 49.3 Å². The fourth-order valence-electron chi connectivity index (χ4n) is 9.01. The molecule has 0 aromatic heterocycles. The van der Waals surface area contributed by atoms with Crippen LogP contribution in [0.1, 0.15) is 245 Å². The zero-order valence-electron chi connectivity index (χ0n) is 47.6.